The Morgan fingerprint density at radius 1 is 1.43 bits per heavy atom. The molecule has 21 heavy (non-hydrogen) atoms. The zero-order valence-corrected chi connectivity index (χ0v) is 13.0. The van der Waals surface area contributed by atoms with Gasteiger partial charge < -0.3 is 5.11 Å². The number of sulfonamides is 1. The van der Waals surface area contributed by atoms with Crippen molar-refractivity contribution < 1.29 is 18.3 Å². The normalized spacial score (nSPS) is 22.6. The van der Waals surface area contributed by atoms with Crippen molar-refractivity contribution in [2.45, 2.75) is 38.0 Å². The van der Waals surface area contributed by atoms with Gasteiger partial charge in [0, 0.05) is 12.7 Å². The summed E-state index contributed by atoms with van der Waals surface area (Å²) in [5, 5.41) is 8.33. The third kappa shape index (κ3) is 3.41. The van der Waals surface area contributed by atoms with Crippen LogP contribution in [0.5, 0.6) is 0 Å². The Hall–Kier alpha value is -1.47. The molecule has 1 heterocycles. The molecule has 1 fully saturated rings. The van der Waals surface area contributed by atoms with Crippen LogP contribution in [-0.4, -0.2) is 41.1 Å². The highest BCUT2D eigenvalue weighted by molar-refractivity contribution is 7.89. The minimum absolute atomic E-state index is 0.160. The molecule has 1 aliphatic rings. The smallest absolute Gasteiger partial charge is 0.307 e. The number of hydrogen-bond acceptors (Lipinski definition) is 4. The van der Waals surface area contributed by atoms with Crippen molar-refractivity contribution in [3.63, 3.8) is 0 Å². The summed E-state index contributed by atoms with van der Waals surface area (Å²) < 4.78 is 26.4. The average Bonchev–Trinajstić information content (AvgIpc) is 2.88. The van der Waals surface area contributed by atoms with Gasteiger partial charge in [-0.1, -0.05) is 12.5 Å². The lowest BCUT2D eigenvalue weighted by Crippen LogP contribution is -2.40. The molecule has 0 aliphatic heterocycles. The lowest BCUT2D eigenvalue weighted by molar-refractivity contribution is -0.141. The number of carboxylic acid groups (broad SMARTS) is 1. The fraction of sp³-hybridized carbons (Fsp3) is 0.571. The molecule has 1 N–H and O–H groups in total. The SMILES string of the molecule is Cc1cccc(CN(C)S(=O)(=O)C2CCCC2C(=O)O)n1. The van der Waals surface area contributed by atoms with Crippen LogP contribution in [0.3, 0.4) is 0 Å². The predicted molar refractivity (Wildman–Crippen MR) is 78.1 cm³/mol. The van der Waals surface area contributed by atoms with E-state index in [1.165, 1.54) is 11.4 Å². The largest absolute Gasteiger partial charge is 0.481 e. The molecular formula is C14H20N2O4S. The molecule has 0 spiro atoms. The van der Waals surface area contributed by atoms with Crippen LogP contribution in [0.2, 0.25) is 0 Å². The van der Waals surface area contributed by atoms with Gasteiger partial charge in [0.15, 0.2) is 0 Å². The first-order chi connectivity index (χ1) is 9.82. The van der Waals surface area contributed by atoms with E-state index in [1.807, 2.05) is 19.1 Å². The Morgan fingerprint density at radius 3 is 2.76 bits per heavy atom. The van der Waals surface area contributed by atoms with Gasteiger partial charge in [0.2, 0.25) is 10.0 Å². The highest BCUT2D eigenvalue weighted by Crippen LogP contribution is 2.33. The van der Waals surface area contributed by atoms with E-state index in [9.17, 15) is 13.2 Å². The van der Waals surface area contributed by atoms with Gasteiger partial charge in [-0.05, 0) is 31.9 Å². The molecule has 0 saturated heterocycles. The maximum Gasteiger partial charge on any atom is 0.307 e. The van der Waals surface area contributed by atoms with Crippen LogP contribution in [0, 0.1) is 12.8 Å². The second kappa shape index (κ2) is 6.11. The van der Waals surface area contributed by atoms with E-state index < -0.39 is 27.2 Å². The minimum Gasteiger partial charge on any atom is -0.481 e. The van der Waals surface area contributed by atoms with Crippen molar-refractivity contribution >= 4 is 16.0 Å². The number of aryl methyl sites for hydroxylation is 1. The first-order valence-electron chi connectivity index (χ1n) is 6.93. The second-order valence-electron chi connectivity index (χ2n) is 5.49. The Labute approximate surface area is 124 Å². The number of hydrogen-bond donors (Lipinski definition) is 1. The van der Waals surface area contributed by atoms with Gasteiger partial charge in [-0.25, -0.2) is 8.42 Å². The summed E-state index contributed by atoms with van der Waals surface area (Å²) in [7, 11) is -2.15. The van der Waals surface area contributed by atoms with Gasteiger partial charge in [0.05, 0.1) is 23.4 Å². The van der Waals surface area contributed by atoms with Crippen molar-refractivity contribution in [3.8, 4) is 0 Å². The molecule has 1 saturated carbocycles. The van der Waals surface area contributed by atoms with Crippen molar-refractivity contribution in [2.24, 2.45) is 5.92 Å². The van der Waals surface area contributed by atoms with Crippen LogP contribution < -0.4 is 0 Å². The standard InChI is InChI=1S/C14H20N2O4S/c1-10-5-3-6-11(15-10)9-16(2)21(19,20)13-8-4-7-12(13)14(17)18/h3,5-6,12-13H,4,7-9H2,1-2H3,(H,17,18). The van der Waals surface area contributed by atoms with E-state index in [4.69, 9.17) is 5.11 Å². The summed E-state index contributed by atoms with van der Waals surface area (Å²) in [4.78, 5) is 15.5. The first kappa shape index (κ1) is 15.9. The zero-order valence-electron chi connectivity index (χ0n) is 12.2. The van der Waals surface area contributed by atoms with Crippen molar-refractivity contribution in [3.05, 3.63) is 29.6 Å². The summed E-state index contributed by atoms with van der Waals surface area (Å²) in [6.45, 7) is 2.00. The molecule has 0 aromatic carbocycles. The van der Waals surface area contributed by atoms with E-state index in [1.54, 1.807) is 6.07 Å². The molecule has 1 aromatic rings. The van der Waals surface area contributed by atoms with E-state index in [2.05, 4.69) is 4.98 Å². The lowest BCUT2D eigenvalue weighted by Gasteiger charge is -2.24. The lowest BCUT2D eigenvalue weighted by atomic mass is 10.1. The van der Waals surface area contributed by atoms with Crippen LogP contribution in [0.15, 0.2) is 18.2 Å². The number of pyridine rings is 1. The maximum atomic E-state index is 12.6. The number of aliphatic carboxylic acids is 1. The molecule has 0 amide bonds. The number of aromatic nitrogens is 1. The molecule has 6 nitrogen and oxygen atoms in total. The molecule has 0 radical (unpaired) electrons. The molecule has 116 valence electrons. The molecule has 1 aromatic heterocycles. The Kier molecular flexibility index (Phi) is 4.63. The average molecular weight is 312 g/mol. The fourth-order valence-electron chi connectivity index (χ4n) is 2.80. The number of carbonyl (C=O) groups is 1. The predicted octanol–water partition coefficient (Wildman–Crippen LogP) is 1.40. The monoisotopic (exact) mass is 312 g/mol. The van der Waals surface area contributed by atoms with Crippen molar-refractivity contribution in [2.75, 3.05) is 7.05 Å². The summed E-state index contributed by atoms with van der Waals surface area (Å²) in [5.74, 6) is -1.83. The maximum absolute atomic E-state index is 12.6. The van der Waals surface area contributed by atoms with Gasteiger partial charge in [-0.3, -0.25) is 9.78 Å². The van der Waals surface area contributed by atoms with E-state index in [0.29, 0.717) is 25.0 Å². The molecule has 0 bridgehead atoms. The topological polar surface area (TPSA) is 87.6 Å². The fourth-order valence-corrected chi connectivity index (χ4v) is 4.71. The minimum atomic E-state index is -3.63. The number of rotatable bonds is 5. The van der Waals surface area contributed by atoms with Crippen LogP contribution in [-0.2, 0) is 21.4 Å². The quantitative estimate of drug-likeness (QED) is 0.888. The van der Waals surface area contributed by atoms with Crippen molar-refractivity contribution in [1.29, 1.82) is 0 Å². The Balaban J connectivity index is 2.17. The molecule has 2 rings (SSSR count). The van der Waals surface area contributed by atoms with Gasteiger partial charge >= 0.3 is 5.97 Å². The summed E-state index contributed by atoms with van der Waals surface area (Å²) >= 11 is 0. The number of carboxylic acids is 1. The van der Waals surface area contributed by atoms with Gasteiger partial charge in [0.1, 0.15) is 0 Å². The molecule has 1 aliphatic carbocycles. The first-order valence-corrected chi connectivity index (χ1v) is 8.43. The number of nitrogens with zero attached hydrogens (tertiary/aromatic N) is 2. The van der Waals surface area contributed by atoms with E-state index >= 15 is 0 Å². The third-order valence-electron chi connectivity index (χ3n) is 3.92. The highest BCUT2D eigenvalue weighted by Gasteiger charge is 2.43. The van der Waals surface area contributed by atoms with Gasteiger partial charge in [-0.2, -0.15) is 4.31 Å². The Bertz CT molecular complexity index is 630. The van der Waals surface area contributed by atoms with Crippen molar-refractivity contribution in [1.82, 2.24) is 9.29 Å². The van der Waals surface area contributed by atoms with Gasteiger partial charge in [-0.15, -0.1) is 0 Å². The molecule has 2 unspecified atom stereocenters. The summed E-state index contributed by atoms with van der Waals surface area (Å²) in [5.41, 5.74) is 1.48. The summed E-state index contributed by atoms with van der Waals surface area (Å²) in [6.07, 6.45) is 1.47. The van der Waals surface area contributed by atoms with Gasteiger partial charge in [0.25, 0.3) is 0 Å². The Morgan fingerprint density at radius 2 is 2.14 bits per heavy atom. The van der Waals surface area contributed by atoms with Crippen LogP contribution in [0.25, 0.3) is 0 Å². The van der Waals surface area contributed by atoms with Crippen LogP contribution in [0.4, 0.5) is 0 Å². The second-order valence-corrected chi connectivity index (χ2v) is 7.74. The van der Waals surface area contributed by atoms with E-state index in [-0.39, 0.29) is 6.54 Å². The summed E-state index contributed by atoms with van der Waals surface area (Å²) in [6, 6.07) is 5.44. The molecular weight excluding hydrogens is 292 g/mol. The third-order valence-corrected chi connectivity index (χ3v) is 6.24. The van der Waals surface area contributed by atoms with E-state index in [0.717, 1.165) is 5.69 Å². The highest BCUT2D eigenvalue weighted by atomic mass is 32.2. The molecule has 2 atom stereocenters. The zero-order chi connectivity index (χ0) is 15.6. The molecule has 7 heteroatoms. The van der Waals surface area contributed by atoms with Crippen LogP contribution >= 0.6 is 0 Å². The van der Waals surface area contributed by atoms with Crippen LogP contribution in [0.1, 0.15) is 30.7 Å².